The van der Waals surface area contributed by atoms with Gasteiger partial charge in [0.05, 0.1) is 5.56 Å². The highest BCUT2D eigenvalue weighted by molar-refractivity contribution is 9.10. The first-order valence-electron chi connectivity index (χ1n) is 5.23. The van der Waals surface area contributed by atoms with Gasteiger partial charge in [-0.15, -0.1) is 0 Å². The lowest BCUT2D eigenvalue weighted by molar-refractivity contribution is 0.0363. The number of hydrogen-bond donors (Lipinski definition) is 0. The van der Waals surface area contributed by atoms with Gasteiger partial charge in [0, 0.05) is 10.0 Å². The van der Waals surface area contributed by atoms with Crippen molar-refractivity contribution >= 4 is 21.9 Å². The molecule has 0 bridgehead atoms. The molecule has 2 nitrogen and oxygen atoms in total. The van der Waals surface area contributed by atoms with Gasteiger partial charge in [0.2, 0.25) is 0 Å². The van der Waals surface area contributed by atoms with Crippen molar-refractivity contribution in [2.45, 2.75) is 32.3 Å². The van der Waals surface area contributed by atoms with Crippen molar-refractivity contribution in [1.82, 2.24) is 0 Å². The number of esters is 1. The summed E-state index contributed by atoms with van der Waals surface area (Å²) in [7, 11) is 0. The third kappa shape index (κ3) is 1.93. The van der Waals surface area contributed by atoms with Gasteiger partial charge in [-0.25, -0.2) is 4.79 Å². The quantitative estimate of drug-likeness (QED) is 0.779. The maximum atomic E-state index is 11.5. The topological polar surface area (TPSA) is 26.3 Å². The molecular weight excluding hydrogens is 256 g/mol. The molecule has 0 spiro atoms. The molecule has 2 rings (SSSR count). The Hall–Kier alpha value is -0.830. The molecule has 3 heteroatoms. The fraction of sp³-hybridized carbons (Fsp3) is 0.417. The third-order valence-corrected chi connectivity index (χ3v) is 3.36. The van der Waals surface area contributed by atoms with Crippen molar-refractivity contribution in [3.8, 4) is 0 Å². The number of rotatable bonds is 3. The van der Waals surface area contributed by atoms with Gasteiger partial charge >= 0.3 is 5.97 Å². The van der Waals surface area contributed by atoms with Crippen LogP contribution in [-0.4, -0.2) is 5.97 Å². The third-order valence-electron chi connectivity index (χ3n) is 2.66. The van der Waals surface area contributed by atoms with E-state index in [9.17, 15) is 4.79 Å². The average molecular weight is 269 g/mol. The molecule has 1 aliphatic heterocycles. The molecule has 1 heterocycles. The maximum absolute atomic E-state index is 11.5. The lowest BCUT2D eigenvalue weighted by Crippen LogP contribution is -1.98. The van der Waals surface area contributed by atoms with Gasteiger partial charge in [-0.05, 0) is 25.0 Å². The van der Waals surface area contributed by atoms with Crippen LogP contribution >= 0.6 is 15.9 Å². The summed E-state index contributed by atoms with van der Waals surface area (Å²) in [5, 5.41) is 0. The van der Waals surface area contributed by atoms with Crippen LogP contribution in [0.15, 0.2) is 22.7 Å². The minimum absolute atomic E-state index is 0.0528. The zero-order chi connectivity index (χ0) is 10.8. The zero-order valence-corrected chi connectivity index (χ0v) is 10.2. The number of benzene rings is 1. The molecular formula is C12H13BrO2. The van der Waals surface area contributed by atoms with Gasteiger partial charge in [0.1, 0.15) is 6.10 Å². The van der Waals surface area contributed by atoms with Crippen LogP contribution in [-0.2, 0) is 4.74 Å². The standard InChI is InChI=1S/C12H13BrO2/c1-2-3-7-10-11-8(12(14)15-10)5-4-6-9(11)13/h4-6,10H,2-3,7H2,1H3. The van der Waals surface area contributed by atoms with Crippen LogP contribution in [0.25, 0.3) is 0 Å². The van der Waals surface area contributed by atoms with Crippen LogP contribution in [0.5, 0.6) is 0 Å². The molecule has 15 heavy (non-hydrogen) atoms. The highest BCUT2D eigenvalue weighted by Gasteiger charge is 2.31. The Bertz CT molecular complexity index is 387. The molecule has 0 N–H and O–H groups in total. The van der Waals surface area contributed by atoms with Crippen LogP contribution in [0.2, 0.25) is 0 Å². The van der Waals surface area contributed by atoms with Gasteiger partial charge in [0.15, 0.2) is 0 Å². The molecule has 0 aromatic heterocycles. The van der Waals surface area contributed by atoms with E-state index in [0.717, 1.165) is 29.3 Å². The molecule has 0 aliphatic carbocycles. The first-order chi connectivity index (χ1) is 7.24. The average Bonchev–Trinajstić information content (AvgIpc) is 2.55. The van der Waals surface area contributed by atoms with E-state index in [0.29, 0.717) is 5.56 Å². The van der Waals surface area contributed by atoms with Crippen LogP contribution in [0.4, 0.5) is 0 Å². The second kappa shape index (κ2) is 4.35. The van der Waals surface area contributed by atoms with E-state index in [2.05, 4.69) is 22.9 Å². The zero-order valence-electron chi connectivity index (χ0n) is 8.63. The Morgan fingerprint density at radius 3 is 3.00 bits per heavy atom. The Morgan fingerprint density at radius 1 is 1.47 bits per heavy atom. The van der Waals surface area contributed by atoms with Crippen molar-refractivity contribution < 1.29 is 9.53 Å². The Labute approximate surface area is 97.8 Å². The fourth-order valence-electron chi connectivity index (χ4n) is 1.89. The lowest BCUT2D eigenvalue weighted by atomic mass is 10.0. The molecule has 0 saturated carbocycles. The molecule has 1 aliphatic rings. The van der Waals surface area contributed by atoms with Crippen molar-refractivity contribution in [1.29, 1.82) is 0 Å². The fourth-order valence-corrected chi connectivity index (χ4v) is 2.51. The molecule has 0 saturated heterocycles. The van der Waals surface area contributed by atoms with Gasteiger partial charge in [-0.3, -0.25) is 0 Å². The van der Waals surface area contributed by atoms with E-state index in [1.165, 1.54) is 0 Å². The van der Waals surface area contributed by atoms with E-state index in [1.54, 1.807) is 0 Å². The number of hydrogen-bond acceptors (Lipinski definition) is 2. The molecule has 80 valence electrons. The lowest BCUT2D eigenvalue weighted by Gasteiger charge is -2.10. The highest BCUT2D eigenvalue weighted by Crippen LogP contribution is 2.38. The number of ether oxygens (including phenoxy) is 1. The number of carbonyl (C=O) groups is 1. The van der Waals surface area contributed by atoms with Crippen LogP contribution in [0, 0.1) is 0 Å². The first-order valence-corrected chi connectivity index (χ1v) is 6.02. The van der Waals surface area contributed by atoms with Crippen molar-refractivity contribution in [3.63, 3.8) is 0 Å². The highest BCUT2D eigenvalue weighted by atomic mass is 79.9. The molecule has 0 fully saturated rings. The summed E-state index contributed by atoms with van der Waals surface area (Å²) in [5.74, 6) is -0.188. The SMILES string of the molecule is CCCCC1OC(=O)c2cccc(Br)c21. The summed E-state index contributed by atoms with van der Waals surface area (Å²) >= 11 is 3.47. The van der Waals surface area contributed by atoms with E-state index in [4.69, 9.17) is 4.74 Å². The molecule has 1 aromatic rings. The Balaban J connectivity index is 2.31. The van der Waals surface area contributed by atoms with Gasteiger partial charge in [-0.1, -0.05) is 35.3 Å². The largest absolute Gasteiger partial charge is 0.454 e. The minimum atomic E-state index is -0.188. The Morgan fingerprint density at radius 2 is 2.27 bits per heavy atom. The van der Waals surface area contributed by atoms with E-state index in [-0.39, 0.29) is 12.1 Å². The summed E-state index contributed by atoms with van der Waals surface area (Å²) in [6, 6.07) is 5.65. The van der Waals surface area contributed by atoms with Crippen LogP contribution in [0.1, 0.15) is 48.2 Å². The first kappa shape index (κ1) is 10.7. The molecule has 1 unspecified atom stereocenters. The van der Waals surface area contributed by atoms with Gasteiger partial charge < -0.3 is 4.74 Å². The van der Waals surface area contributed by atoms with Gasteiger partial charge in [0.25, 0.3) is 0 Å². The summed E-state index contributed by atoms with van der Waals surface area (Å²) < 4.78 is 6.32. The molecule has 1 aromatic carbocycles. The summed E-state index contributed by atoms with van der Waals surface area (Å²) in [6.07, 6.45) is 3.06. The molecule has 0 amide bonds. The molecule has 1 atom stereocenters. The van der Waals surface area contributed by atoms with E-state index in [1.807, 2.05) is 18.2 Å². The van der Waals surface area contributed by atoms with Crippen molar-refractivity contribution in [2.24, 2.45) is 0 Å². The number of fused-ring (bicyclic) bond motifs is 1. The van der Waals surface area contributed by atoms with Crippen molar-refractivity contribution in [3.05, 3.63) is 33.8 Å². The maximum Gasteiger partial charge on any atom is 0.339 e. The number of cyclic esters (lactones) is 1. The smallest absolute Gasteiger partial charge is 0.339 e. The predicted molar refractivity (Wildman–Crippen MR) is 61.8 cm³/mol. The minimum Gasteiger partial charge on any atom is -0.454 e. The van der Waals surface area contributed by atoms with E-state index >= 15 is 0 Å². The van der Waals surface area contributed by atoms with Crippen molar-refractivity contribution in [2.75, 3.05) is 0 Å². The number of carbonyl (C=O) groups excluding carboxylic acids is 1. The Kier molecular flexibility index (Phi) is 3.10. The van der Waals surface area contributed by atoms with E-state index < -0.39 is 0 Å². The second-order valence-electron chi connectivity index (χ2n) is 3.74. The molecule has 0 radical (unpaired) electrons. The van der Waals surface area contributed by atoms with Crippen LogP contribution < -0.4 is 0 Å². The monoisotopic (exact) mass is 268 g/mol. The number of unbranched alkanes of at least 4 members (excludes halogenated alkanes) is 1. The summed E-state index contributed by atoms with van der Waals surface area (Å²) in [5.41, 5.74) is 1.74. The van der Waals surface area contributed by atoms with Crippen LogP contribution in [0.3, 0.4) is 0 Å². The summed E-state index contributed by atoms with van der Waals surface area (Å²) in [6.45, 7) is 2.14. The normalized spacial score (nSPS) is 18.8. The number of halogens is 1. The predicted octanol–water partition coefficient (Wildman–Crippen LogP) is 3.85. The van der Waals surface area contributed by atoms with Gasteiger partial charge in [-0.2, -0.15) is 0 Å². The summed E-state index contributed by atoms with van der Waals surface area (Å²) in [4.78, 5) is 11.5. The second-order valence-corrected chi connectivity index (χ2v) is 4.59.